The number of likely N-dealkylation sites (tertiary alicyclic amines) is 6. The van der Waals surface area contributed by atoms with Crippen molar-refractivity contribution in [1.82, 2.24) is 63.5 Å². The van der Waals surface area contributed by atoms with Crippen molar-refractivity contribution in [2.24, 2.45) is 48.8 Å². The molecule has 7 spiro atoms. The number of benzene rings is 2. The van der Waals surface area contributed by atoms with Gasteiger partial charge in [-0.15, -0.1) is 0 Å². The number of amides is 6. The Balaban J connectivity index is 0.000000167. The van der Waals surface area contributed by atoms with Gasteiger partial charge in [0.05, 0.1) is 48.3 Å². The number of anilines is 1. The van der Waals surface area contributed by atoms with Crippen molar-refractivity contribution in [2.75, 3.05) is 122 Å². The average molecular weight is 2100 g/mol. The van der Waals surface area contributed by atoms with Crippen LogP contribution >= 0.6 is 21.5 Å². The number of carbonyl (C=O) groups excluding carboxylic acids is 6. The molecule has 0 bridgehead atoms. The molecule has 2 aromatic heterocycles. The molecule has 7 saturated heterocycles. The molecule has 2 aromatic carbocycles. The van der Waals surface area contributed by atoms with Crippen LogP contribution in [0.3, 0.4) is 0 Å². The minimum atomic E-state index is -4.82. The fraction of sp³-hybridized carbons (Fsp3) is 0.763. The molecule has 14 aliphatic rings. The number of aliphatic hydroxyl groups excluding tert-OH is 1. The Morgan fingerprint density at radius 3 is 1.01 bits per heavy atom. The van der Waals surface area contributed by atoms with Gasteiger partial charge in [0.15, 0.2) is 0 Å². The van der Waals surface area contributed by atoms with Gasteiger partial charge in [-0.25, -0.2) is 83.3 Å². The van der Waals surface area contributed by atoms with Gasteiger partial charge in [0.2, 0.25) is 30.1 Å². The van der Waals surface area contributed by atoms with Crippen molar-refractivity contribution in [3.8, 4) is 0 Å². The van der Waals surface area contributed by atoms with Crippen molar-refractivity contribution in [3.63, 3.8) is 0 Å². The molecule has 9 heterocycles. The van der Waals surface area contributed by atoms with Crippen LogP contribution in [0.15, 0.2) is 42.0 Å². The molecule has 39 nitrogen and oxygen atoms in total. The Labute approximate surface area is 835 Å². The van der Waals surface area contributed by atoms with Crippen LogP contribution in [0.2, 0.25) is 5.15 Å². The van der Waals surface area contributed by atoms with E-state index < -0.39 is 80.3 Å². The number of fused-ring (bicyclic) bond motifs is 2. The first-order chi connectivity index (χ1) is 63.8. The SMILES string of the molecule is CC(C)(C)OC(=O)N1CC2(CC(N)C2)C1.CC(C)(C)OC(=O)N1CC2(CC(N=[N+]=[N-])C2)C1.CC(C)(C)OC(=O)N1CC2(CC(NS(C)(=O)=O)C2)C1.CC(C)(C)OC(=O)N1CC2(CC(O)C2)C1.CC(C)(C)OC(=O)N1CC2(CC(OS(C)(=O)=O)C2)C1.CS(=O)(=O)NC1CC2(C1)CN(C(=O)C(F)(F)F)C2.Cc1cc2ncnc(Cl)c2cc1C.Cc1cc2ncnc(N3CC4(CC(NS(C)(=O)=O)C4)C3)c2cc1C.P. The second kappa shape index (κ2) is 41.8. The first-order valence-corrected chi connectivity index (χ1v) is 55.1. The molecular formula is C93H147ClF3N18O21PS4. The van der Waals surface area contributed by atoms with Gasteiger partial charge in [0.1, 0.15) is 51.6 Å². The van der Waals surface area contributed by atoms with Crippen molar-refractivity contribution in [1.29, 1.82) is 0 Å². The van der Waals surface area contributed by atoms with Gasteiger partial charge < -0.3 is 68.8 Å². The zero-order valence-electron chi connectivity index (χ0n) is 85.6. The standard InChI is InChI=1S/C17H22N4O2S.C12H22N2O4S.C12H21NO5S.C11H18N4O2.C11H20N2O2.C11H19NO3.C10H9ClN2.C9H13F3N2O3S.H3P/c1-11-4-14-15(5-12(11)2)18-10-19-16(14)21-8-17(9-21)6-13(7-17)20-24(3,22)23;1-11(2,3)18-10(15)14-7-12(8-14)5-9(6-12)13-19(4,16)17;1-11(2,3)17-10(14)13-7-12(8-13)5-9(6-12)18-19(4,15)16;1-10(2,3)17-9(16)15-6-11(7-15)4-8(5-11)13-14-12;1-10(2,3)15-9(14)13-6-11(7-13)4-8(12)5-11;1-10(2,3)15-9(14)12-6-11(7-12)4-8(13)5-11;1-6-3-8-9(4-7(6)2)12-5-13-10(8)11;1-18(16,17)13-6-2-8(3-6)4-14(5-8)7(15)9(10,11)12;/h4-5,10,13,20H,6-9H2,1-3H3;9,13H,5-8H2,1-4H3;9H,5-8H2,1-4H3;8H,4-7H2,1-3H3;8H,4-7,12H2,1-3H3;8,13H,4-7H2,1-3H3;3-5H,1-2H3;6,13H,2-5H2,1H3;1H3. The first-order valence-electron chi connectivity index (χ1n) is 47.2. The number of hydrogen-bond acceptors (Lipinski definition) is 28. The molecular weight excluding hydrogens is 1960 g/mol. The summed E-state index contributed by atoms with van der Waals surface area (Å²) in [5.74, 6) is -0.819. The third-order valence-electron chi connectivity index (χ3n) is 27.0. The number of azide groups is 1. The van der Waals surface area contributed by atoms with Crippen LogP contribution in [0.1, 0.15) is 216 Å². The third-order valence-corrected chi connectivity index (χ3v) is 30.2. The number of carbonyl (C=O) groups is 6. The minimum Gasteiger partial charge on any atom is -0.444 e. The van der Waals surface area contributed by atoms with E-state index in [1.807, 2.05) is 116 Å². The van der Waals surface area contributed by atoms with Gasteiger partial charge in [0.25, 0.3) is 10.1 Å². The average Bonchev–Trinajstić information content (AvgIpc) is 0.699. The molecule has 7 aliphatic heterocycles. The molecule has 1 atom stereocenters. The fourth-order valence-electron chi connectivity index (χ4n) is 21.2. The lowest BCUT2D eigenvalue weighted by Crippen LogP contribution is -2.68. The summed E-state index contributed by atoms with van der Waals surface area (Å²) in [5.41, 5.74) is 19.5. The molecule has 0 radical (unpaired) electrons. The van der Waals surface area contributed by atoms with Crippen molar-refractivity contribution in [2.45, 2.75) is 298 Å². The summed E-state index contributed by atoms with van der Waals surface area (Å²) in [4.78, 5) is 101. The molecule has 14 fully saturated rings. The van der Waals surface area contributed by atoms with Crippen molar-refractivity contribution < 1.29 is 109 Å². The molecule has 48 heteroatoms. The van der Waals surface area contributed by atoms with Gasteiger partial charge in [0, 0.05) is 175 Å². The van der Waals surface area contributed by atoms with E-state index in [4.69, 9.17) is 50.7 Å². The second-order valence-electron chi connectivity index (χ2n) is 47.3. The third kappa shape index (κ3) is 31.6. The van der Waals surface area contributed by atoms with Crippen molar-refractivity contribution >= 4 is 126 Å². The number of alkyl halides is 3. The molecule has 7 saturated carbocycles. The highest BCUT2D eigenvalue weighted by molar-refractivity contribution is 7.89. The van der Waals surface area contributed by atoms with Crippen LogP contribution < -0.4 is 24.8 Å². The molecule has 6 N–H and O–H groups in total. The highest BCUT2D eigenvalue weighted by Crippen LogP contribution is 2.56. The van der Waals surface area contributed by atoms with Crippen LogP contribution in [0.5, 0.6) is 0 Å². The largest absolute Gasteiger partial charge is 0.471 e. The van der Waals surface area contributed by atoms with Crippen LogP contribution in [-0.2, 0) is 72.8 Å². The Hall–Kier alpha value is -7.88. The number of sulfonamides is 3. The lowest BCUT2D eigenvalue weighted by molar-refractivity contribution is -0.201. The number of halogens is 4. The van der Waals surface area contributed by atoms with Crippen LogP contribution in [0.4, 0.5) is 43.0 Å². The van der Waals surface area contributed by atoms with Gasteiger partial charge in [-0.3, -0.25) is 8.98 Å². The summed E-state index contributed by atoms with van der Waals surface area (Å²) < 4.78 is 164. The van der Waals surface area contributed by atoms with E-state index in [-0.39, 0.29) is 122 Å². The number of aliphatic hydroxyl groups is 1. The molecule has 4 aromatic rings. The highest BCUT2D eigenvalue weighted by atomic mass is 35.5. The van der Waals surface area contributed by atoms with E-state index in [2.05, 4.69) is 88.9 Å². The van der Waals surface area contributed by atoms with E-state index in [0.29, 0.717) is 68.5 Å². The first kappa shape index (κ1) is 115. The summed E-state index contributed by atoms with van der Waals surface area (Å²) in [5, 5.41) is 15.5. The number of rotatable bonds is 10. The Kier molecular flexibility index (Phi) is 34.1. The maximum atomic E-state index is 12.1. The van der Waals surface area contributed by atoms with Gasteiger partial charge in [-0.05, 0) is 273 Å². The zero-order chi connectivity index (χ0) is 104. The number of nitrogens with zero attached hydrogens (tertiary/aromatic N) is 14. The number of aryl methyl sites for hydroxylation is 4. The number of nitrogens with two attached hydrogens (primary N) is 1. The maximum Gasteiger partial charge on any atom is 0.471 e. The van der Waals surface area contributed by atoms with E-state index in [0.717, 1.165) is 162 Å². The highest BCUT2D eigenvalue weighted by Gasteiger charge is 2.62. The van der Waals surface area contributed by atoms with Gasteiger partial charge in [-0.2, -0.15) is 31.5 Å². The summed E-state index contributed by atoms with van der Waals surface area (Å²) in [6, 6.07) is 8.70. The van der Waals surface area contributed by atoms with Crippen molar-refractivity contribution in [3.05, 3.63) is 74.8 Å². The van der Waals surface area contributed by atoms with Crippen LogP contribution in [-0.4, -0.2) is 318 Å². The molecule has 18 rings (SSSR count). The monoisotopic (exact) mass is 2100 g/mol. The van der Waals surface area contributed by atoms with Crippen LogP contribution in [0.25, 0.3) is 32.2 Å². The topological polar surface area (TPSA) is 500 Å². The van der Waals surface area contributed by atoms with E-state index in [1.54, 1.807) is 30.8 Å². The number of ether oxygens (including phenoxy) is 5. The Morgan fingerprint density at radius 2 is 0.709 bits per heavy atom. The zero-order valence-corrected chi connectivity index (χ0v) is 91.0. The summed E-state index contributed by atoms with van der Waals surface area (Å²) in [6.07, 6.45) is 12.6. The Bertz CT molecular complexity index is 5610. The molecule has 6 amide bonds. The van der Waals surface area contributed by atoms with Crippen LogP contribution in [0, 0.1) is 65.6 Å². The predicted octanol–water partition coefficient (Wildman–Crippen LogP) is 12.5. The lowest BCUT2D eigenvalue weighted by Gasteiger charge is -2.59. The Morgan fingerprint density at radius 1 is 0.433 bits per heavy atom. The molecule has 141 heavy (non-hydrogen) atoms. The smallest absolute Gasteiger partial charge is 0.444 e. The number of nitrogens with one attached hydrogen (secondary N) is 3. The maximum absolute atomic E-state index is 12.1. The van der Waals surface area contributed by atoms with Gasteiger partial charge in [-0.1, -0.05) is 16.7 Å². The second-order valence-corrected chi connectivity index (χ2v) is 54.6. The van der Waals surface area contributed by atoms with E-state index in [9.17, 15) is 80.7 Å². The number of aromatic nitrogens is 4. The summed E-state index contributed by atoms with van der Waals surface area (Å²) >= 11 is 5.93. The van der Waals surface area contributed by atoms with Gasteiger partial charge >= 0.3 is 42.5 Å². The summed E-state index contributed by atoms with van der Waals surface area (Å²) in [6.45, 7) is 45.4. The van der Waals surface area contributed by atoms with E-state index in [1.165, 1.54) is 41.1 Å². The minimum absolute atomic E-state index is 0. The normalized spacial score (nSPS) is 21.9. The summed E-state index contributed by atoms with van der Waals surface area (Å²) in [7, 11) is -12.9. The molecule has 7 aliphatic carbocycles. The fourth-order valence-corrected chi connectivity index (χ4v) is 24.3. The number of hydrogen-bond donors (Lipinski definition) is 5. The molecule has 1 unspecified atom stereocenters. The van der Waals surface area contributed by atoms with E-state index >= 15 is 0 Å². The molecule has 792 valence electrons. The predicted molar refractivity (Wildman–Crippen MR) is 532 cm³/mol. The quantitative estimate of drug-likeness (QED) is 0.0187. The lowest BCUT2D eigenvalue weighted by atomic mass is 9.61.